The molecule has 3 heterocycles. The first-order valence-electron chi connectivity index (χ1n) is 10.2. The molecule has 0 bridgehead atoms. The molecule has 5 rings (SSSR count). The quantitative estimate of drug-likeness (QED) is 0.825. The fourth-order valence-electron chi connectivity index (χ4n) is 4.36. The molecule has 8 heteroatoms. The van der Waals surface area contributed by atoms with Crippen molar-refractivity contribution in [3.63, 3.8) is 0 Å². The van der Waals surface area contributed by atoms with Gasteiger partial charge in [0.25, 0.3) is 5.91 Å². The summed E-state index contributed by atoms with van der Waals surface area (Å²) in [4.78, 5) is 15.0. The predicted octanol–water partition coefficient (Wildman–Crippen LogP) is 1.98. The van der Waals surface area contributed by atoms with E-state index < -0.39 is 0 Å². The first-order valence-corrected chi connectivity index (χ1v) is 11.4. The molecular formula is C21H26N4O3S. The Hall–Kier alpha value is -2.19. The topological polar surface area (TPSA) is 68.6 Å². The fourth-order valence-corrected chi connectivity index (χ4v) is 5.27. The highest BCUT2D eigenvalue weighted by atomic mass is 32.2. The number of benzene rings is 1. The third-order valence-corrected chi connectivity index (χ3v) is 6.93. The smallest absolute Gasteiger partial charge is 0.274 e. The molecule has 1 aromatic carbocycles. The first kappa shape index (κ1) is 18.8. The molecule has 3 aliphatic rings. The van der Waals surface area contributed by atoms with Crippen molar-refractivity contribution in [2.24, 2.45) is 7.05 Å². The molecule has 1 aromatic heterocycles. The van der Waals surface area contributed by atoms with Gasteiger partial charge in [-0.3, -0.25) is 9.48 Å². The van der Waals surface area contributed by atoms with E-state index in [4.69, 9.17) is 9.47 Å². The number of rotatable bonds is 4. The van der Waals surface area contributed by atoms with Crippen LogP contribution in [0.4, 0.5) is 0 Å². The second kappa shape index (κ2) is 7.91. The highest BCUT2D eigenvalue weighted by Gasteiger charge is 2.30. The summed E-state index contributed by atoms with van der Waals surface area (Å²) in [6.07, 6.45) is 2.84. The van der Waals surface area contributed by atoms with Gasteiger partial charge in [0.1, 0.15) is 0 Å². The Labute approximate surface area is 174 Å². The molecule has 1 aliphatic carbocycles. The molecule has 1 amide bonds. The lowest BCUT2D eigenvalue weighted by Gasteiger charge is -2.27. The summed E-state index contributed by atoms with van der Waals surface area (Å²) in [6, 6.07) is 6.41. The van der Waals surface area contributed by atoms with E-state index >= 15 is 0 Å². The van der Waals surface area contributed by atoms with Crippen LogP contribution in [0.2, 0.25) is 0 Å². The summed E-state index contributed by atoms with van der Waals surface area (Å²) >= 11 is 1.91. The molecule has 0 spiro atoms. The maximum absolute atomic E-state index is 13.1. The van der Waals surface area contributed by atoms with Gasteiger partial charge in [-0.15, -0.1) is 0 Å². The summed E-state index contributed by atoms with van der Waals surface area (Å²) in [5.74, 6) is 3.75. The number of carbonyl (C=O) groups excluding carboxylic acids is 1. The number of hydrogen-bond donors (Lipinski definition) is 1. The molecule has 154 valence electrons. The Morgan fingerprint density at radius 2 is 2.10 bits per heavy atom. The van der Waals surface area contributed by atoms with E-state index in [0.29, 0.717) is 18.5 Å². The van der Waals surface area contributed by atoms with Crippen LogP contribution in [0.3, 0.4) is 0 Å². The van der Waals surface area contributed by atoms with Gasteiger partial charge in [0.05, 0.1) is 0 Å². The highest BCUT2D eigenvalue weighted by Crippen LogP contribution is 2.32. The second-order valence-corrected chi connectivity index (χ2v) is 9.04. The lowest BCUT2D eigenvalue weighted by atomic mass is 9.91. The minimum Gasteiger partial charge on any atom is -0.454 e. The first-order chi connectivity index (χ1) is 14.2. The van der Waals surface area contributed by atoms with Gasteiger partial charge in [-0.2, -0.15) is 16.9 Å². The molecule has 1 saturated heterocycles. The molecule has 0 saturated carbocycles. The SMILES string of the molecule is Cn1nc(C(=O)N2CCSCC2)c2c1CCC(NCc1ccc3c(c1)OCO3)C2. The Morgan fingerprint density at radius 1 is 1.28 bits per heavy atom. The number of nitrogens with one attached hydrogen (secondary N) is 1. The molecule has 1 unspecified atom stereocenters. The number of ether oxygens (including phenoxy) is 2. The van der Waals surface area contributed by atoms with Crippen LogP contribution in [0.1, 0.15) is 33.7 Å². The maximum atomic E-state index is 13.1. The molecule has 29 heavy (non-hydrogen) atoms. The number of nitrogens with zero attached hydrogens (tertiary/aromatic N) is 3. The molecule has 1 N–H and O–H groups in total. The van der Waals surface area contributed by atoms with Crippen LogP contribution in [-0.4, -0.2) is 58.0 Å². The maximum Gasteiger partial charge on any atom is 0.274 e. The van der Waals surface area contributed by atoms with Crippen molar-refractivity contribution in [3.05, 3.63) is 40.7 Å². The summed E-state index contributed by atoms with van der Waals surface area (Å²) in [5, 5.41) is 8.28. The Balaban J connectivity index is 1.28. The van der Waals surface area contributed by atoms with Crippen molar-refractivity contribution in [1.82, 2.24) is 20.0 Å². The van der Waals surface area contributed by atoms with E-state index in [1.54, 1.807) is 0 Å². The fraction of sp³-hybridized carbons (Fsp3) is 0.524. The normalized spacial score (nSPS) is 20.6. The zero-order chi connectivity index (χ0) is 19.8. The number of amides is 1. The van der Waals surface area contributed by atoms with Crippen molar-refractivity contribution in [1.29, 1.82) is 0 Å². The Bertz CT molecular complexity index is 923. The van der Waals surface area contributed by atoms with Crippen molar-refractivity contribution in [3.8, 4) is 11.5 Å². The van der Waals surface area contributed by atoms with E-state index in [1.165, 1.54) is 11.3 Å². The van der Waals surface area contributed by atoms with Crippen LogP contribution in [0.5, 0.6) is 11.5 Å². The standard InChI is InChI=1S/C21H26N4O3S/c1-24-17-4-3-15(22-12-14-2-5-18-19(10-14)28-13-27-18)11-16(17)20(23-24)21(26)25-6-8-29-9-7-25/h2,5,10,15,22H,3-4,6-9,11-13H2,1H3. The van der Waals surface area contributed by atoms with E-state index in [9.17, 15) is 4.79 Å². The van der Waals surface area contributed by atoms with Crippen LogP contribution in [-0.2, 0) is 26.4 Å². The predicted molar refractivity (Wildman–Crippen MR) is 112 cm³/mol. The van der Waals surface area contributed by atoms with Gasteiger partial charge in [0.2, 0.25) is 6.79 Å². The van der Waals surface area contributed by atoms with Gasteiger partial charge in [-0.05, 0) is 37.0 Å². The Kier molecular flexibility index (Phi) is 5.13. The number of hydrogen-bond acceptors (Lipinski definition) is 6. The second-order valence-electron chi connectivity index (χ2n) is 7.81. The third kappa shape index (κ3) is 3.71. The van der Waals surface area contributed by atoms with Gasteiger partial charge in [0.15, 0.2) is 17.2 Å². The van der Waals surface area contributed by atoms with E-state index in [2.05, 4.69) is 16.5 Å². The van der Waals surface area contributed by atoms with Crippen molar-refractivity contribution < 1.29 is 14.3 Å². The summed E-state index contributed by atoms with van der Waals surface area (Å²) in [7, 11) is 1.96. The highest BCUT2D eigenvalue weighted by molar-refractivity contribution is 7.99. The zero-order valence-electron chi connectivity index (χ0n) is 16.6. The molecule has 2 aromatic rings. The number of aryl methyl sites for hydroxylation is 1. The third-order valence-electron chi connectivity index (χ3n) is 5.99. The molecular weight excluding hydrogens is 388 g/mol. The monoisotopic (exact) mass is 414 g/mol. The lowest BCUT2D eigenvalue weighted by molar-refractivity contribution is 0.0764. The van der Waals surface area contributed by atoms with Crippen LogP contribution in [0.15, 0.2) is 18.2 Å². The number of thioether (sulfide) groups is 1. The van der Waals surface area contributed by atoms with Crippen LogP contribution < -0.4 is 14.8 Å². The number of fused-ring (bicyclic) bond motifs is 2. The van der Waals surface area contributed by atoms with E-state index in [-0.39, 0.29) is 5.91 Å². The largest absolute Gasteiger partial charge is 0.454 e. The number of aromatic nitrogens is 2. The summed E-state index contributed by atoms with van der Waals surface area (Å²) in [6.45, 7) is 2.70. The van der Waals surface area contributed by atoms with E-state index in [1.807, 2.05) is 40.5 Å². The van der Waals surface area contributed by atoms with Crippen molar-refractivity contribution in [2.45, 2.75) is 31.8 Å². The van der Waals surface area contributed by atoms with Crippen LogP contribution in [0, 0.1) is 0 Å². The van der Waals surface area contributed by atoms with Gasteiger partial charge < -0.3 is 19.7 Å². The van der Waals surface area contributed by atoms with Crippen molar-refractivity contribution in [2.75, 3.05) is 31.4 Å². The minimum absolute atomic E-state index is 0.0959. The van der Waals surface area contributed by atoms with Gasteiger partial charge >= 0.3 is 0 Å². The summed E-state index contributed by atoms with van der Waals surface area (Å²) in [5.41, 5.74) is 4.17. The molecule has 7 nitrogen and oxygen atoms in total. The average molecular weight is 415 g/mol. The molecule has 0 radical (unpaired) electrons. The van der Waals surface area contributed by atoms with Crippen molar-refractivity contribution >= 4 is 17.7 Å². The number of carbonyl (C=O) groups is 1. The lowest BCUT2D eigenvalue weighted by Crippen LogP contribution is -2.39. The molecule has 1 fully saturated rings. The van der Waals surface area contributed by atoms with Gasteiger partial charge in [-0.1, -0.05) is 6.07 Å². The summed E-state index contributed by atoms with van der Waals surface area (Å²) < 4.78 is 12.8. The van der Waals surface area contributed by atoms with Crippen LogP contribution in [0.25, 0.3) is 0 Å². The van der Waals surface area contributed by atoms with Gasteiger partial charge in [-0.25, -0.2) is 0 Å². The van der Waals surface area contributed by atoms with Crippen LogP contribution >= 0.6 is 11.8 Å². The zero-order valence-corrected chi connectivity index (χ0v) is 17.5. The molecule has 1 atom stereocenters. The van der Waals surface area contributed by atoms with E-state index in [0.717, 1.165) is 67.5 Å². The average Bonchev–Trinajstić information content (AvgIpc) is 3.36. The molecule has 2 aliphatic heterocycles. The Morgan fingerprint density at radius 3 is 2.97 bits per heavy atom. The minimum atomic E-state index is 0.0959. The van der Waals surface area contributed by atoms with Gasteiger partial charge in [0, 0.05) is 55.5 Å².